The molecule has 0 aliphatic carbocycles. The number of anilines is 1. The number of nitrogens with zero attached hydrogens (tertiary/aromatic N) is 5. The van der Waals surface area contributed by atoms with Gasteiger partial charge >= 0.3 is 0 Å². The number of thiophene rings is 1. The molecule has 3 aromatic heterocycles. The van der Waals surface area contributed by atoms with E-state index in [-0.39, 0.29) is 0 Å². The Hall–Kier alpha value is -3.55. The van der Waals surface area contributed by atoms with Crippen molar-refractivity contribution in [1.82, 2.24) is 24.6 Å². The fourth-order valence-corrected chi connectivity index (χ4v) is 4.41. The molecule has 3 heterocycles. The second-order valence-electron chi connectivity index (χ2n) is 7.47. The van der Waals surface area contributed by atoms with Gasteiger partial charge in [-0.05, 0) is 42.8 Å². The molecule has 0 saturated carbocycles. The van der Waals surface area contributed by atoms with Crippen molar-refractivity contribution < 1.29 is 0 Å². The van der Waals surface area contributed by atoms with Crippen LogP contribution in [0, 0.1) is 0 Å². The molecular weight excluding hydrogens is 404 g/mol. The highest BCUT2D eigenvalue weighted by Crippen LogP contribution is 2.29. The predicted octanol–water partition coefficient (Wildman–Crippen LogP) is 4.76. The highest BCUT2D eigenvalue weighted by molar-refractivity contribution is 7.13. The van der Waals surface area contributed by atoms with Gasteiger partial charge in [0.15, 0.2) is 0 Å². The first-order valence-corrected chi connectivity index (χ1v) is 10.9. The standard InChI is InChI=1S/C24H22N6S/c1-29(16-22-26-20-11-6-5-10-19(20)24(25)27-22)14-17-15-30(18-8-3-2-4-9-18)28-23(17)21-12-7-13-31-21/h2-13,15H,14,16H2,1H3,(H2,25,26,27). The minimum absolute atomic E-state index is 0.519. The largest absolute Gasteiger partial charge is 0.383 e. The van der Waals surface area contributed by atoms with E-state index in [1.807, 2.05) is 47.1 Å². The minimum atomic E-state index is 0.519. The summed E-state index contributed by atoms with van der Waals surface area (Å²) in [4.78, 5) is 12.5. The number of nitrogens with two attached hydrogens (primary N) is 1. The second-order valence-corrected chi connectivity index (χ2v) is 8.42. The topological polar surface area (TPSA) is 72.9 Å². The Morgan fingerprint density at radius 3 is 2.55 bits per heavy atom. The maximum absolute atomic E-state index is 6.16. The van der Waals surface area contributed by atoms with E-state index in [0.29, 0.717) is 18.2 Å². The molecule has 5 aromatic rings. The number of para-hydroxylation sites is 2. The summed E-state index contributed by atoms with van der Waals surface area (Å²) >= 11 is 1.70. The quantitative estimate of drug-likeness (QED) is 0.424. The van der Waals surface area contributed by atoms with Crippen LogP contribution in [-0.2, 0) is 13.1 Å². The third-order valence-corrected chi connectivity index (χ3v) is 5.97. The fraction of sp³-hybridized carbons (Fsp3) is 0.125. The molecule has 0 radical (unpaired) electrons. The zero-order chi connectivity index (χ0) is 21.2. The second kappa shape index (κ2) is 8.29. The molecule has 0 aliphatic heterocycles. The number of benzene rings is 2. The predicted molar refractivity (Wildman–Crippen MR) is 126 cm³/mol. The minimum Gasteiger partial charge on any atom is -0.383 e. The van der Waals surface area contributed by atoms with E-state index in [9.17, 15) is 0 Å². The molecule has 0 fully saturated rings. The summed E-state index contributed by atoms with van der Waals surface area (Å²) in [6.45, 7) is 1.31. The molecule has 2 N–H and O–H groups in total. The highest BCUT2D eigenvalue weighted by atomic mass is 32.1. The number of nitrogen functional groups attached to an aromatic ring is 1. The SMILES string of the molecule is CN(Cc1nc(N)c2ccccc2n1)Cc1cn(-c2ccccc2)nc1-c1cccs1. The molecule has 0 atom stereocenters. The van der Waals surface area contributed by atoms with Crippen molar-refractivity contribution in [1.29, 1.82) is 0 Å². The zero-order valence-electron chi connectivity index (χ0n) is 17.1. The number of aromatic nitrogens is 4. The van der Waals surface area contributed by atoms with Gasteiger partial charge in [-0.2, -0.15) is 5.10 Å². The molecule has 31 heavy (non-hydrogen) atoms. The monoisotopic (exact) mass is 426 g/mol. The lowest BCUT2D eigenvalue weighted by molar-refractivity contribution is 0.311. The van der Waals surface area contributed by atoms with Gasteiger partial charge < -0.3 is 5.73 Å². The molecule has 0 amide bonds. The van der Waals surface area contributed by atoms with Crippen molar-refractivity contribution in [3.8, 4) is 16.3 Å². The molecule has 0 spiro atoms. The third kappa shape index (κ3) is 4.05. The first-order valence-electron chi connectivity index (χ1n) is 10.0. The van der Waals surface area contributed by atoms with Gasteiger partial charge in [0.1, 0.15) is 17.3 Å². The van der Waals surface area contributed by atoms with Crippen LogP contribution >= 0.6 is 11.3 Å². The average Bonchev–Trinajstić information content (AvgIpc) is 3.44. The van der Waals surface area contributed by atoms with Crippen LogP contribution < -0.4 is 5.73 Å². The zero-order valence-corrected chi connectivity index (χ0v) is 18.0. The Bertz CT molecular complexity index is 1310. The van der Waals surface area contributed by atoms with Crippen molar-refractivity contribution in [2.45, 2.75) is 13.1 Å². The fourth-order valence-electron chi connectivity index (χ4n) is 3.67. The maximum Gasteiger partial charge on any atom is 0.145 e. The van der Waals surface area contributed by atoms with Crippen LogP contribution in [0.15, 0.2) is 78.3 Å². The normalized spacial score (nSPS) is 11.4. The Kier molecular flexibility index (Phi) is 5.19. The van der Waals surface area contributed by atoms with E-state index in [0.717, 1.165) is 39.3 Å². The number of hydrogen-bond donors (Lipinski definition) is 1. The van der Waals surface area contributed by atoms with Gasteiger partial charge in [0, 0.05) is 23.7 Å². The molecular formula is C24H22N6S. The number of rotatable bonds is 6. The van der Waals surface area contributed by atoms with E-state index in [4.69, 9.17) is 15.8 Å². The third-order valence-electron chi connectivity index (χ3n) is 5.10. The van der Waals surface area contributed by atoms with Gasteiger partial charge in [0.25, 0.3) is 0 Å². The molecule has 5 rings (SSSR count). The van der Waals surface area contributed by atoms with Gasteiger partial charge in [-0.1, -0.05) is 36.4 Å². The highest BCUT2D eigenvalue weighted by Gasteiger charge is 2.16. The molecule has 0 unspecified atom stereocenters. The summed E-state index contributed by atoms with van der Waals surface area (Å²) in [5.41, 5.74) is 10.2. The Morgan fingerprint density at radius 1 is 0.935 bits per heavy atom. The first kappa shape index (κ1) is 19.4. The molecule has 2 aromatic carbocycles. The molecule has 0 bridgehead atoms. The van der Waals surface area contributed by atoms with Crippen molar-refractivity contribution in [3.05, 3.63) is 89.7 Å². The van der Waals surface area contributed by atoms with Crippen LogP contribution in [0.4, 0.5) is 5.82 Å². The maximum atomic E-state index is 6.16. The molecule has 0 aliphatic rings. The number of fused-ring (bicyclic) bond motifs is 1. The molecule has 6 nitrogen and oxygen atoms in total. The Morgan fingerprint density at radius 2 is 1.74 bits per heavy atom. The van der Waals surface area contributed by atoms with Crippen molar-refractivity contribution in [2.75, 3.05) is 12.8 Å². The Balaban J connectivity index is 1.43. The van der Waals surface area contributed by atoms with Crippen LogP contribution in [0.3, 0.4) is 0 Å². The van der Waals surface area contributed by atoms with E-state index in [1.165, 1.54) is 0 Å². The average molecular weight is 427 g/mol. The summed E-state index contributed by atoms with van der Waals surface area (Å²) in [5.74, 6) is 1.23. The van der Waals surface area contributed by atoms with Crippen LogP contribution in [0.5, 0.6) is 0 Å². The van der Waals surface area contributed by atoms with E-state index in [2.05, 4.69) is 52.8 Å². The van der Waals surface area contributed by atoms with Gasteiger partial charge in [-0.15, -0.1) is 11.3 Å². The lowest BCUT2D eigenvalue weighted by Crippen LogP contribution is -2.19. The molecule has 7 heteroatoms. The smallest absolute Gasteiger partial charge is 0.145 e. The molecule has 154 valence electrons. The van der Waals surface area contributed by atoms with Gasteiger partial charge in [-0.3, -0.25) is 4.90 Å². The summed E-state index contributed by atoms with van der Waals surface area (Å²) in [5, 5.41) is 7.85. The summed E-state index contributed by atoms with van der Waals surface area (Å²) in [6, 6.07) is 22.2. The lowest BCUT2D eigenvalue weighted by atomic mass is 10.2. The molecule has 0 saturated heterocycles. The van der Waals surface area contributed by atoms with Gasteiger partial charge in [-0.25, -0.2) is 14.6 Å². The van der Waals surface area contributed by atoms with Crippen LogP contribution in [0.2, 0.25) is 0 Å². The van der Waals surface area contributed by atoms with Crippen LogP contribution in [0.25, 0.3) is 27.2 Å². The van der Waals surface area contributed by atoms with E-state index < -0.39 is 0 Å². The van der Waals surface area contributed by atoms with Gasteiger partial charge in [0.05, 0.1) is 22.6 Å². The van der Waals surface area contributed by atoms with E-state index in [1.54, 1.807) is 11.3 Å². The van der Waals surface area contributed by atoms with Crippen LogP contribution in [0.1, 0.15) is 11.4 Å². The van der Waals surface area contributed by atoms with Crippen LogP contribution in [-0.4, -0.2) is 31.7 Å². The lowest BCUT2D eigenvalue weighted by Gasteiger charge is -2.16. The van der Waals surface area contributed by atoms with E-state index >= 15 is 0 Å². The summed E-state index contributed by atoms with van der Waals surface area (Å²) < 4.78 is 1.95. The Labute approximate surface area is 184 Å². The van der Waals surface area contributed by atoms with Crippen molar-refractivity contribution in [3.63, 3.8) is 0 Å². The van der Waals surface area contributed by atoms with Crippen molar-refractivity contribution in [2.24, 2.45) is 0 Å². The number of hydrogen-bond acceptors (Lipinski definition) is 6. The first-order chi connectivity index (χ1) is 15.2. The summed E-state index contributed by atoms with van der Waals surface area (Å²) in [7, 11) is 2.06. The van der Waals surface area contributed by atoms with Gasteiger partial charge in [0.2, 0.25) is 0 Å². The van der Waals surface area contributed by atoms with Crippen molar-refractivity contribution >= 4 is 28.1 Å². The summed E-state index contributed by atoms with van der Waals surface area (Å²) in [6.07, 6.45) is 2.11.